The number of hydrogen-bond donors (Lipinski definition) is 1. The van der Waals surface area contributed by atoms with E-state index >= 15 is 0 Å². The van der Waals surface area contributed by atoms with Crippen LogP contribution in [0.3, 0.4) is 0 Å². The van der Waals surface area contributed by atoms with Gasteiger partial charge >= 0.3 is 6.18 Å². The molecule has 29 heavy (non-hydrogen) atoms. The first kappa shape index (κ1) is 20.8. The van der Waals surface area contributed by atoms with Crippen LogP contribution in [0.25, 0.3) is 0 Å². The highest BCUT2D eigenvalue weighted by Crippen LogP contribution is 2.33. The molecule has 1 heterocycles. The lowest BCUT2D eigenvalue weighted by Crippen LogP contribution is -2.28. The first-order valence-corrected chi connectivity index (χ1v) is 10.4. The smallest absolute Gasteiger partial charge is 0.326 e. The van der Waals surface area contributed by atoms with Gasteiger partial charge in [0.05, 0.1) is 16.4 Å². The van der Waals surface area contributed by atoms with E-state index in [1.807, 2.05) is 0 Å². The summed E-state index contributed by atoms with van der Waals surface area (Å²) in [7, 11) is -3.37. The van der Waals surface area contributed by atoms with Gasteiger partial charge in [0.2, 0.25) is 11.8 Å². The van der Waals surface area contributed by atoms with Gasteiger partial charge in [-0.3, -0.25) is 9.59 Å². The number of sulfone groups is 1. The summed E-state index contributed by atoms with van der Waals surface area (Å²) in [5, 5.41) is 2.60. The zero-order chi connectivity index (χ0) is 21.4. The number of rotatable bonds is 4. The fraction of sp³-hybridized carbons (Fsp3) is 0.263. The molecule has 2 aromatic carbocycles. The van der Waals surface area contributed by atoms with Crippen LogP contribution in [0, 0.1) is 5.92 Å². The molecule has 1 fully saturated rings. The Morgan fingerprint density at radius 2 is 1.79 bits per heavy atom. The van der Waals surface area contributed by atoms with Crippen molar-refractivity contribution in [2.45, 2.75) is 17.5 Å². The quantitative estimate of drug-likeness (QED) is 0.815. The van der Waals surface area contributed by atoms with Crippen molar-refractivity contribution in [3.8, 4) is 0 Å². The number of amides is 2. The molecule has 0 radical (unpaired) electrons. The molecular weight excluding hydrogens is 409 g/mol. The minimum atomic E-state index is -4.53. The molecule has 3 rings (SSSR count). The third kappa shape index (κ3) is 4.76. The van der Waals surface area contributed by atoms with Crippen molar-refractivity contribution < 1.29 is 31.2 Å². The molecule has 0 saturated carbocycles. The van der Waals surface area contributed by atoms with Gasteiger partial charge in [-0.2, -0.15) is 13.2 Å². The Bertz CT molecular complexity index is 1050. The first-order chi connectivity index (χ1) is 13.4. The number of alkyl halides is 3. The van der Waals surface area contributed by atoms with Crippen molar-refractivity contribution in [3.05, 3.63) is 54.1 Å². The van der Waals surface area contributed by atoms with E-state index in [2.05, 4.69) is 5.32 Å². The summed E-state index contributed by atoms with van der Waals surface area (Å²) < 4.78 is 61.6. The maximum absolute atomic E-state index is 12.9. The first-order valence-electron chi connectivity index (χ1n) is 8.54. The molecule has 0 aromatic heterocycles. The van der Waals surface area contributed by atoms with Crippen molar-refractivity contribution in [3.63, 3.8) is 0 Å². The van der Waals surface area contributed by atoms with Crippen LogP contribution < -0.4 is 10.2 Å². The fourth-order valence-corrected chi connectivity index (χ4v) is 3.64. The maximum atomic E-state index is 12.9. The van der Waals surface area contributed by atoms with Gasteiger partial charge in [0.15, 0.2) is 9.84 Å². The molecular formula is C19H17F3N2O4S. The summed E-state index contributed by atoms with van der Waals surface area (Å²) in [4.78, 5) is 26.0. The topological polar surface area (TPSA) is 83.5 Å². The average Bonchev–Trinajstić information content (AvgIpc) is 3.03. The molecule has 154 valence electrons. The molecule has 2 amide bonds. The third-order valence-corrected chi connectivity index (χ3v) is 5.66. The van der Waals surface area contributed by atoms with Crippen molar-refractivity contribution in [2.24, 2.45) is 5.92 Å². The van der Waals surface area contributed by atoms with Gasteiger partial charge in [-0.25, -0.2) is 8.42 Å². The molecule has 1 aliphatic heterocycles. The predicted octanol–water partition coefficient (Wildman–Crippen LogP) is 3.10. The number of anilines is 2. The molecule has 0 bridgehead atoms. The highest BCUT2D eigenvalue weighted by atomic mass is 32.2. The Morgan fingerprint density at radius 3 is 2.38 bits per heavy atom. The monoisotopic (exact) mass is 426 g/mol. The van der Waals surface area contributed by atoms with Crippen LogP contribution in [-0.2, 0) is 25.6 Å². The van der Waals surface area contributed by atoms with E-state index in [1.165, 1.54) is 36.4 Å². The van der Waals surface area contributed by atoms with Crippen LogP contribution in [0.15, 0.2) is 53.4 Å². The van der Waals surface area contributed by atoms with Gasteiger partial charge in [0.1, 0.15) is 0 Å². The van der Waals surface area contributed by atoms with E-state index in [-0.39, 0.29) is 23.5 Å². The molecule has 10 heteroatoms. The summed E-state index contributed by atoms with van der Waals surface area (Å²) in [5.41, 5.74) is -0.438. The van der Waals surface area contributed by atoms with E-state index in [1.54, 1.807) is 0 Å². The van der Waals surface area contributed by atoms with Gasteiger partial charge in [-0.05, 0) is 42.5 Å². The number of halogens is 3. The minimum absolute atomic E-state index is 0.0482. The van der Waals surface area contributed by atoms with E-state index in [4.69, 9.17) is 0 Å². The summed E-state index contributed by atoms with van der Waals surface area (Å²) in [6, 6.07) is 9.93. The van der Waals surface area contributed by atoms with Crippen LogP contribution in [0.5, 0.6) is 0 Å². The molecule has 1 atom stereocenters. The lowest BCUT2D eigenvalue weighted by Gasteiger charge is -2.18. The maximum Gasteiger partial charge on any atom is 0.416 e. The van der Waals surface area contributed by atoms with Crippen LogP contribution in [-0.4, -0.2) is 33.0 Å². The van der Waals surface area contributed by atoms with Crippen LogP contribution in [0.2, 0.25) is 0 Å². The second-order valence-electron chi connectivity index (χ2n) is 6.74. The zero-order valence-electron chi connectivity index (χ0n) is 15.2. The Morgan fingerprint density at radius 1 is 1.14 bits per heavy atom. The summed E-state index contributed by atoms with van der Waals surface area (Å²) in [5.74, 6) is -1.66. The number of carbonyl (C=O) groups excluding carboxylic acids is 2. The predicted molar refractivity (Wildman–Crippen MR) is 100 cm³/mol. The van der Waals surface area contributed by atoms with Gasteiger partial charge in [-0.1, -0.05) is 6.07 Å². The number of nitrogens with one attached hydrogen (secondary N) is 1. The highest BCUT2D eigenvalue weighted by molar-refractivity contribution is 7.90. The molecule has 0 aliphatic carbocycles. The van der Waals surface area contributed by atoms with Gasteiger partial charge in [0, 0.05) is 30.6 Å². The van der Waals surface area contributed by atoms with Gasteiger partial charge < -0.3 is 10.2 Å². The number of nitrogens with zero attached hydrogens (tertiary/aromatic N) is 1. The number of benzene rings is 2. The summed E-state index contributed by atoms with van der Waals surface area (Å²) in [6.45, 7) is -0.0482. The van der Waals surface area contributed by atoms with Gasteiger partial charge in [-0.15, -0.1) is 0 Å². The van der Waals surface area contributed by atoms with E-state index < -0.39 is 39.3 Å². The number of hydrogen-bond acceptors (Lipinski definition) is 4. The second kappa shape index (κ2) is 7.51. The zero-order valence-corrected chi connectivity index (χ0v) is 16.0. The second-order valence-corrected chi connectivity index (χ2v) is 8.76. The van der Waals surface area contributed by atoms with Crippen LogP contribution in [0.1, 0.15) is 12.0 Å². The van der Waals surface area contributed by atoms with Crippen molar-refractivity contribution in [2.75, 3.05) is 23.0 Å². The molecule has 2 aromatic rings. The van der Waals surface area contributed by atoms with E-state index in [0.717, 1.165) is 23.3 Å². The lowest BCUT2D eigenvalue weighted by molar-refractivity contribution is -0.137. The largest absolute Gasteiger partial charge is 0.416 e. The standard InChI is InChI=1S/C19H17F3N2O4S/c1-29(27,28)16-7-5-14(6-8-16)23-18(26)12-9-17(25)24(11-12)15-4-2-3-13(10-15)19(20,21)22/h2-8,10,12H,9,11H2,1H3,(H,23,26)/t12-/m1/s1. The van der Waals surface area contributed by atoms with Crippen LogP contribution >= 0.6 is 0 Å². The minimum Gasteiger partial charge on any atom is -0.326 e. The van der Waals surface area contributed by atoms with Gasteiger partial charge in [0.25, 0.3) is 0 Å². The Balaban J connectivity index is 1.71. The summed E-state index contributed by atoms with van der Waals surface area (Å²) >= 11 is 0. The molecule has 1 saturated heterocycles. The molecule has 1 N–H and O–H groups in total. The summed E-state index contributed by atoms with van der Waals surface area (Å²) in [6.07, 6.45) is -3.61. The third-order valence-electron chi connectivity index (χ3n) is 4.53. The molecule has 0 spiro atoms. The highest BCUT2D eigenvalue weighted by Gasteiger charge is 2.37. The Labute approximate surface area is 165 Å². The molecule has 1 aliphatic rings. The Hall–Kier alpha value is -2.88. The normalized spacial score (nSPS) is 17.4. The van der Waals surface area contributed by atoms with E-state index in [0.29, 0.717) is 5.69 Å². The van der Waals surface area contributed by atoms with Crippen LogP contribution in [0.4, 0.5) is 24.5 Å². The SMILES string of the molecule is CS(=O)(=O)c1ccc(NC(=O)[C@@H]2CC(=O)N(c3cccc(C(F)(F)F)c3)C2)cc1. The molecule has 6 nitrogen and oxygen atoms in total. The van der Waals surface area contributed by atoms with E-state index in [9.17, 15) is 31.2 Å². The lowest BCUT2D eigenvalue weighted by atomic mass is 10.1. The van der Waals surface area contributed by atoms with Crippen molar-refractivity contribution in [1.82, 2.24) is 0 Å². The fourth-order valence-electron chi connectivity index (χ4n) is 3.01. The number of carbonyl (C=O) groups is 2. The van der Waals surface area contributed by atoms with Crippen molar-refractivity contribution >= 4 is 33.0 Å². The molecule has 0 unspecified atom stereocenters. The average molecular weight is 426 g/mol. The Kier molecular flexibility index (Phi) is 5.40. The van der Waals surface area contributed by atoms with Crippen molar-refractivity contribution in [1.29, 1.82) is 0 Å².